The Morgan fingerprint density at radius 1 is 1.22 bits per heavy atom. The fourth-order valence-electron chi connectivity index (χ4n) is 1.65. The van der Waals surface area contributed by atoms with Crippen LogP contribution < -0.4 is 5.63 Å². The zero-order chi connectivity index (χ0) is 13.1. The second kappa shape index (κ2) is 4.57. The molecule has 2 aromatic rings. The van der Waals surface area contributed by atoms with Gasteiger partial charge in [0.25, 0.3) is 0 Å². The van der Waals surface area contributed by atoms with Gasteiger partial charge in [-0.25, -0.2) is 4.79 Å². The number of para-hydroxylation sites is 1. The maximum absolute atomic E-state index is 11.8. The van der Waals surface area contributed by atoms with Gasteiger partial charge >= 0.3 is 5.63 Å². The van der Waals surface area contributed by atoms with E-state index in [4.69, 9.17) is 14.9 Å². The van der Waals surface area contributed by atoms with E-state index in [0.29, 0.717) is 11.2 Å². The Morgan fingerprint density at radius 3 is 2.56 bits per heavy atom. The smallest absolute Gasteiger partial charge is 0.343 e. The molecule has 0 N–H and O–H groups in total. The summed E-state index contributed by atoms with van der Waals surface area (Å²) in [5.41, 5.74) is 0.424. The molecule has 2 rings (SSSR count). The van der Waals surface area contributed by atoms with Crippen LogP contribution in [0.5, 0.6) is 0 Å². The zero-order valence-corrected chi connectivity index (χ0v) is 9.60. The number of benzene rings is 1. The molecule has 0 aliphatic rings. The third-order valence-corrected chi connectivity index (χ3v) is 2.64. The van der Waals surface area contributed by atoms with Gasteiger partial charge in [-0.15, -0.1) is 0 Å². The second-order valence-corrected chi connectivity index (χ2v) is 3.71. The molecule has 1 aromatic carbocycles. The van der Waals surface area contributed by atoms with E-state index in [2.05, 4.69) is 0 Å². The van der Waals surface area contributed by atoms with Crippen LogP contribution >= 0.6 is 0 Å². The number of fused-ring (bicyclic) bond motifs is 1. The largest absolute Gasteiger partial charge is 0.422 e. The fraction of sp³-hybridized carbons (Fsp3) is 0.0714. The predicted octanol–water partition coefficient (Wildman–Crippen LogP) is 2.61. The van der Waals surface area contributed by atoms with Crippen molar-refractivity contribution in [1.29, 1.82) is 10.5 Å². The van der Waals surface area contributed by atoms with Gasteiger partial charge < -0.3 is 4.42 Å². The van der Waals surface area contributed by atoms with E-state index in [0.717, 1.165) is 5.39 Å². The number of hydrogen-bond donors (Lipinski definition) is 0. The zero-order valence-electron chi connectivity index (χ0n) is 9.60. The van der Waals surface area contributed by atoms with Crippen LogP contribution in [0.25, 0.3) is 16.5 Å². The van der Waals surface area contributed by atoms with Crippen molar-refractivity contribution in [2.75, 3.05) is 0 Å². The topological polar surface area (TPSA) is 77.8 Å². The van der Waals surface area contributed by atoms with Gasteiger partial charge in [0, 0.05) is 5.39 Å². The summed E-state index contributed by atoms with van der Waals surface area (Å²) in [7, 11) is 0. The normalized spacial score (nSPS) is 9.50. The first-order valence-corrected chi connectivity index (χ1v) is 5.21. The second-order valence-electron chi connectivity index (χ2n) is 3.71. The van der Waals surface area contributed by atoms with Crippen LogP contribution in [0.1, 0.15) is 12.5 Å². The SMILES string of the molecule is CC(=C(C#N)C#N)c1cc2ccccc2oc1=O. The first-order chi connectivity index (χ1) is 8.67. The van der Waals surface area contributed by atoms with Crippen molar-refractivity contribution in [3.8, 4) is 12.1 Å². The molecule has 0 unspecified atom stereocenters. The van der Waals surface area contributed by atoms with Crippen LogP contribution in [0, 0.1) is 22.7 Å². The third-order valence-electron chi connectivity index (χ3n) is 2.64. The highest BCUT2D eigenvalue weighted by Gasteiger charge is 2.10. The molecular formula is C14H8N2O2. The summed E-state index contributed by atoms with van der Waals surface area (Å²) < 4.78 is 5.14. The quantitative estimate of drug-likeness (QED) is 0.563. The Morgan fingerprint density at radius 2 is 1.89 bits per heavy atom. The van der Waals surface area contributed by atoms with Crippen LogP contribution in [0.15, 0.2) is 45.1 Å². The predicted molar refractivity (Wildman–Crippen MR) is 66.3 cm³/mol. The van der Waals surface area contributed by atoms with Gasteiger partial charge in [0.15, 0.2) is 0 Å². The molecule has 18 heavy (non-hydrogen) atoms. The lowest BCUT2D eigenvalue weighted by atomic mass is 10.0. The molecule has 0 saturated heterocycles. The van der Waals surface area contributed by atoms with Crippen molar-refractivity contribution in [3.63, 3.8) is 0 Å². The van der Waals surface area contributed by atoms with Gasteiger partial charge in [0.2, 0.25) is 0 Å². The molecule has 0 saturated carbocycles. The first kappa shape index (κ1) is 11.6. The summed E-state index contributed by atoms with van der Waals surface area (Å²) in [5, 5.41) is 18.3. The molecule has 0 atom stereocenters. The van der Waals surface area contributed by atoms with Gasteiger partial charge in [-0.3, -0.25) is 0 Å². The number of allylic oxidation sites excluding steroid dienone is 2. The van der Waals surface area contributed by atoms with E-state index < -0.39 is 5.63 Å². The summed E-state index contributed by atoms with van der Waals surface area (Å²) in [4.78, 5) is 11.8. The maximum Gasteiger partial charge on any atom is 0.343 e. The number of nitriles is 2. The van der Waals surface area contributed by atoms with Crippen molar-refractivity contribution < 1.29 is 4.42 Å². The van der Waals surface area contributed by atoms with Gasteiger partial charge in [0.05, 0.1) is 5.56 Å². The van der Waals surface area contributed by atoms with Crippen LogP contribution in [0.3, 0.4) is 0 Å². The van der Waals surface area contributed by atoms with Crippen LogP contribution in [0.4, 0.5) is 0 Å². The minimum atomic E-state index is -0.547. The Kier molecular flexibility index (Phi) is 2.95. The third kappa shape index (κ3) is 1.88. The van der Waals surface area contributed by atoms with Crippen molar-refractivity contribution in [3.05, 3.63) is 51.9 Å². The van der Waals surface area contributed by atoms with Crippen molar-refractivity contribution >= 4 is 16.5 Å². The molecule has 0 radical (unpaired) electrons. The Labute approximate surface area is 103 Å². The van der Waals surface area contributed by atoms with Gasteiger partial charge in [-0.1, -0.05) is 18.2 Å². The lowest BCUT2D eigenvalue weighted by Gasteiger charge is -2.02. The highest BCUT2D eigenvalue weighted by atomic mass is 16.4. The van der Waals surface area contributed by atoms with E-state index in [1.807, 2.05) is 6.07 Å². The van der Waals surface area contributed by atoms with Gasteiger partial charge in [-0.2, -0.15) is 10.5 Å². The molecule has 4 nitrogen and oxygen atoms in total. The minimum absolute atomic E-state index is 0.0856. The lowest BCUT2D eigenvalue weighted by molar-refractivity contribution is 0.558. The average molecular weight is 236 g/mol. The fourth-order valence-corrected chi connectivity index (χ4v) is 1.65. The summed E-state index contributed by atoms with van der Waals surface area (Å²) in [6.45, 7) is 1.56. The molecule has 86 valence electrons. The molecule has 4 heteroatoms. The Bertz CT molecular complexity index is 770. The Hall–Kier alpha value is -2.85. The van der Waals surface area contributed by atoms with Gasteiger partial charge in [-0.05, 0) is 24.6 Å². The molecule has 1 heterocycles. The van der Waals surface area contributed by atoms with E-state index >= 15 is 0 Å². The summed E-state index contributed by atoms with van der Waals surface area (Å²) in [5.74, 6) is 0. The molecule has 0 fully saturated rings. The monoisotopic (exact) mass is 236 g/mol. The van der Waals surface area contributed by atoms with E-state index in [1.54, 1.807) is 43.3 Å². The van der Waals surface area contributed by atoms with Crippen LogP contribution in [-0.4, -0.2) is 0 Å². The molecule has 0 aliphatic heterocycles. The highest BCUT2D eigenvalue weighted by Crippen LogP contribution is 2.19. The summed E-state index contributed by atoms with van der Waals surface area (Å²) >= 11 is 0. The van der Waals surface area contributed by atoms with Crippen molar-refractivity contribution in [2.24, 2.45) is 0 Å². The van der Waals surface area contributed by atoms with Gasteiger partial charge in [0.1, 0.15) is 23.3 Å². The molecule has 0 spiro atoms. The molecule has 0 aliphatic carbocycles. The average Bonchev–Trinajstić information content (AvgIpc) is 2.39. The van der Waals surface area contributed by atoms with E-state index in [-0.39, 0.29) is 11.1 Å². The van der Waals surface area contributed by atoms with Crippen molar-refractivity contribution in [2.45, 2.75) is 6.92 Å². The number of nitrogens with zero attached hydrogens (tertiary/aromatic N) is 2. The minimum Gasteiger partial charge on any atom is -0.422 e. The molecular weight excluding hydrogens is 228 g/mol. The first-order valence-electron chi connectivity index (χ1n) is 5.21. The maximum atomic E-state index is 11.8. The standard InChI is InChI=1S/C14H8N2O2/c1-9(11(7-15)8-16)12-6-10-4-2-3-5-13(10)18-14(12)17/h2-6H,1H3. The number of rotatable bonds is 1. The van der Waals surface area contributed by atoms with E-state index in [1.165, 1.54) is 0 Å². The summed E-state index contributed by atoms with van der Waals surface area (Å²) in [6.07, 6.45) is 0. The highest BCUT2D eigenvalue weighted by molar-refractivity contribution is 5.82. The van der Waals surface area contributed by atoms with Crippen LogP contribution in [-0.2, 0) is 0 Å². The molecule has 0 bridgehead atoms. The number of hydrogen-bond acceptors (Lipinski definition) is 4. The van der Waals surface area contributed by atoms with E-state index in [9.17, 15) is 4.79 Å². The molecule has 0 amide bonds. The Balaban J connectivity index is 2.79. The van der Waals surface area contributed by atoms with Crippen LogP contribution in [0.2, 0.25) is 0 Å². The molecule has 1 aromatic heterocycles. The lowest BCUT2D eigenvalue weighted by Crippen LogP contribution is -2.06. The summed E-state index contributed by atoms with van der Waals surface area (Å²) in [6, 6.07) is 12.2. The van der Waals surface area contributed by atoms with Crippen molar-refractivity contribution in [1.82, 2.24) is 0 Å².